The summed E-state index contributed by atoms with van der Waals surface area (Å²) in [5.74, 6) is 1.72. The van der Waals surface area contributed by atoms with Crippen molar-refractivity contribution < 1.29 is 22.6 Å². The van der Waals surface area contributed by atoms with Gasteiger partial charge in [0.15, 0.2) is 0 Å². The first-order chi connectivity index (χ1) is 14.8. The molecule has 3 rings (SSSR count). The molecule has 1 fully saturated rings. The number of ether oxygens (including phenoxy) is 3. The van der Waals surface area contributed by atoms with Crippen LogP contribution in [-0.4, -0.2) is 71.2 Å². The van der Waals surface area contributed by atoms with E-state index in [0.717, 1.165) is 18.7 Å². The molecule has 2 aromatic carbocycles. The Morgan fingerprint density at radius 2 is 1.55 bits per heavy atom. The number of hydrogen-bond donors (Lipinski definition) is 0. The second-order valence-electron chi connectivity index (χ2n) is 7.79. The maximum atomic E-state index is 13.2. The molecule has 1 heterocycles. The Labute approximate surface area is 185 Å². The number of hydrogen-bond acceptors (Lipinski definition) is 6. The number of piperazine rings is 1. The molecular formula is C23H32N2O5S. The molecule has 0 aliphatic carbocycles. The fourth-order valence-corrected chi connectivity index (χ4v) is 5.41. The van der Waals surface area contributed by atoms with Crippen LogP contribution in [0, 0.1) is 13.8 Å². The van der Waals surface area contributed by atoms with Crippen molar-refractivity contribution in [3.63, 3.8) is 0 Å². The van der Waals surface area contributed by atoms with Crippen LogP contribution in [0.3, 0.4) is 0 Å². The van der Waals surface area contributed by atoms with E-state index >= 15 is 0 Å². The van der Waals surface area contributed by atoms with Gasteiger partial charge in [0, 0.05) is 38.8 Å². The molecule has 0 atom stereocenters. The van der Waals surface area contributed by atoms with Gasteiger partial charge in [0.05, 0.1) is 20.8 Å². The Balaban J connectivity index is 1.51. The predicted molar refractivity (Wildman–Crippen MR) is 121 cm³/mol. The van der Waals surface area contributed by atoms with Crippen molar-refractivity contribution in [1.82, 2.24) is 9.21 Å². The first-order valence-corrected chi connectivity index (χ1v) is 11.9. The summed E-state index contributed by atoms with van der Waals surface area (Å²) in [5, 5.41) is 0. The third-order valence-electron chi connectivity index (χ3n) is 5.40. The fourth-order valence-electron chi connectivity index (χ4n) is 3.81. The zero-order chi connectivity index (χ0) is 22.4. The van der Waals surface area contributed by atoms with Gasteiger partial charge in [-0.1, -0.05) is 6.07 Å². The molecule has 0 spiro atoms. The molecule has 2 aromatic rings. The van der Waals surface area contributed by atoms with Crippen LogP contribution in [0.25, 0.3) is 0 Å². The standard InChI is InChI=1S/C23H32N2O5S/c1-18-14-19(2)16-21(15-18)30-13-5-8-24-9-11-25(12-10-24)31(26,27)23-17-20(28-3)6-7-22(23)29-4/h6-7,14-17H,5,8-13H2,1-4H3. The Morgan fingerprint density at radius 3 is 2.16 bits per heavy atom. The predicted octanol–water partition coefficient (Wildman–Crippen LogP) is 3.10. The van der Waals surface area contributed by atoms with Crippen LogP contribution in [-0.2, 0) is 10.0 Å². The first-order valence-electron chi connectivity index (χ1n) is 10.5. The van der Waals surface area contributed by atoms with Crippen molar-refractivity contribution in [2.24, 2.45) is 0 Å². The Kier molecular flexibility index (Phi) is 7.80. The van der Waals surface area contributed by atoms with Crippen molar-refractivity contribution in [1.29, 1.82) is 0 Å². The summed E-state index contributed by atoms with van der Waals surface area (Å²) in [7, 11) is -0.667. The highest BCUT2D eigenvalue weighted by atomic mass is 32.2. The maximum Gasteiger partial charge on any atom is 0.246 e. The van der Waals surface area contributed by atoms with E-state index in [1.54, 1.807) is 12.1 Å². The molecule has 31 heavy (non-hydrogen) atoms. The van der Waals surface area contributed by atoms with Crippen LogP contribution in [0.4, 0.5) is 0 Å². The lowest BCUT2D eigenvalue weighted by atomic mass is 10.1. The molecule has 170 valence electrons. The van der Waals surface area contributed by atoms with E-state index in [-0.39, 0.29) is 4.90 Å². The minimum atomic E-state index is -3.65. The normalized spacial score (nSPS) is 15.6. The van der Waals surface area contributed by atoms with Gasteiger partial charge >= 0.3 is 0 Å². The minimum absolute atomic E-state index is 0.143. The average molecular weight is 449 g/mol. The number of aryl methyl sites for hydroxylation is 2. The van der Waals surface area contributed by atoms with Crippen LogP contribution < -0.4 is 14.2 Å². The van der Waals surface area contributed by atoms with Crippen LogP contribution in [0.1, 0.15) is 17.5 Å². The zero-order valence-corrected chi connectivity index (χ0v) is 19.6. The van der Waals surface area contributed by atoms with Crippen molar-refractivity contribution in [3.05, 3.63) is 47.5 Å². The van der Waals surface area contributed by atoms with Crippen molar-refractivity contribution >= 4 is 10.0 Å². The number of nitrogens with zero attached hydrogens (tertiary/aromatic N) is 2. The fraction of sp³-hybridized carbons (Fsp3) is 0.478. The van der Waals surface area contributed by atoms with E-state index in [1.165, 1.54) is 35.7 Å². The van der Waals surface area contributed by atoms with E-state index in [1.807, 2.05) is 12.1 Å². The number of benzene rings is 2. The largest absolute Gasteiger partial charge is 0.497 e. The van der Waals surface area contributed by atoms with E-state index in [2.05, 4.69) is 24.8 Å². The second-order valence-corrected chi connectivity index (χ2v) is 9.69. The first kappa shape index (κ1) is 23.4. The lowest BCUT2D eigenvalue weighted by Gasteiger charge is -2.34. The van der Waals surface area contributed by atoms with Gasteiger partial charge in [-0.05, 0) is 55.7 Å². The van der Waals surface area contributed by atoms with Gasteiger partial charge in [0.1, 0.15) is 22.1 Å². The molecule has 0 aromatic heterocycles. The number of methoxy groups -OCH3 is 2. The van der Waals surface area contributed by atoms with Crippen molar-refractivity contribution in [2.45, 2.75) is 25.2 Å². The van der Waals surface area contributed by atoms with Crippen LogP contribution in [0.5, 0.6) is 17.2 Å². The molecular weight excluding hydrogens is 416 g/mol. The number of sulfonamides is 1. The summed E-state index contributed by atoms with van der Waals surface area (Å²) in [6, 6.07) is 11.0. The molecule has 1 aliphatic heterocycles. The molecule has 1 saturated heterocycles. The van der Waals surface area contributed by atoms with Gasteiger partial charge in [-0.15, -0.1) is 0 Å². The molecule has 0 bridgehead atoms. The Morgan fingerprint density at radius 1 is 0.871 bits per heavy atom. The summed E-state index contributed by atoms with van der Waals surface area (Å²) < 4.78 is 44.2. The topological polar surface area (TPSA) is 68.3 Å². The SMILES string of the molecule is COc1ccc(OC)c(S(=O)(=O)N2CCN(CCCOc3cc(C)cc(C)c3)CC2)c1. The average Bonchev–Trinajstić information content (AvgIpc) is 2.76. The molecule has 8 heteroatoms. The van der Waals surface area contributed by atoms with E-state index in [0.29, 0.717) is 44.3 Å². The summed E-state index contributed by atoms with van der Waals surface area (Å²) in [4.78, 5) is 2.42. The van der Waals surface area contributed by atoms with E-state index in [9.17, 15) is 8.42 Å². The van der Waals surface area contributed by atoms with Gasteiger partial charge in [-0.25, -0.2) is 8.42 Å². The van der Waals surface area contributed by atoms with Gasteiger partial charge in [0.2, 0.25) is 10.0 Å². The summed E-state index contributed by atoms with van der Waals surface area (Å²) >= 11 is 0. The highest BCUT2D eigenvalue weighted by Crippen LogP contribution is 2.31. The van der Waals surface area contributed by atoms with Crippen LogP contribution >= 0.6 is 0 Å². The molecule has 7 nitrogen and oxygen atoms in total. The zero-order valence-electron chi connectivity index (χ0n) is 18.8. The third kappa shape index (κ3) is 5.90. The van der Waals surface area contributed by atoms with E-state index in [4.69, 9.17) is 14.2 Å². The summed E-state index contributed by atoms with van der Waals surface area (Å²) in [5.41, 5.74) is 2.39. The second kappa shape index (κ2) is 10.3. The highest BCUT2D eigenvalue weighted by molar-refractivity contribution is 7.89. The lowest BCUT2D eigenvalue weighted by Crippen LogP contribution is -2.48. The van der Waals surface area contributed by atoms with Crippen LogP contribution in [0.2, 0.25) is 0 Å². The van der Waals surface area contributed by atoms with Gasteiger partial charge in [-0.3, -0.25) is 0 Å². The van der Waals surface area contributed by atoms with Gasteiger partial charge < -0.3 is 19.1 Å². The van der Waals surface area contributed by atoms with Gasteiger partial charge in [-0.2, -0.15) is 4.31 Å². The maximum absolute atomic E-state index is 13.2. The minimum Gasteiger partial charge on any atom is -0.497 e. The van der Waals surface area contributed by atoms with Crippen molar-refractivity contribution in [2.75, 3.05) is 53.6 Å². The van der Waals surface area contributed by atoms with Crippen LogP contribution in [0.15, 0.2) is 41.3 Å². The molecule has 0 saturated carbocycles. The molecule has 0 unspecified atom stereocenters. The van der Waals surface area contributed by atoms with E-state index < -0.39 is 10.0 Å². The summed E-state index contributed by atoms with van der Waals surface area (Å²) in [6.07, 6.45) is 0.892. The smallest absolute Gasteiger partial charge is 0.246 e. The lowest BCUT2D eigenvalue weighted by molar-refractivity contribution is 0.174. The molecule has 0 amide bonds. The molecule has 1 aliphatic rings. The Hall–Kier alpha value is -2.29. The highest BCUT2D eigenvalue weighted by Gasteiger charge is 2.31. The Bertz CT molecular complexity index is 965. The van der Waals surface area contributed by atoms with Gasteiger partial charge in [0.25, 0.3) is 0 Å². The number of rotatable bonds is 9. The summed E-state index contributed by atoms with van der Waals surface area (Å²) in [6.45, 7) is 7.91. The quantitative estimate of drug-likeness (QED) is 0.549. The third-order valence-corrected chi connectivity index (χ3v) is 7.32. The molecule has 0 N–H and O–H groups in total. The monoisotopic (exact) mass is 448 g/mol. The molecule has 0 radical (unpaired) electrons. The van der Waals surface area contributed by atoms with Crippen molar-refractivity contribution in [3.8, 4) is 17.2 Å².